The van der Waals surface area contributed by atoms with Gasteiger partial charge in [0.1, 0.15) is 12.4 Å². The second-order valence-electron chi connectivity index (χ2n) is 6.44. The predicted octanol–water partition coefficient (Wildman–Crippen LogP) is 4.30. The van der Waals surface area contributed by atoms with Gasteiger partial charge in [-0.3, -0.25) is 4.79 Å². The minimum Gasteiger partial charge on any atom is -0.489 e. The molecule has 0 bridgehead atoms. The van der Waals surface area contributed by atoms with Crippen LogP contribution in [0.15, 0.2) is 30.3 Å². The number of aryl methyl sites for hydroxylation is 4. The molecule has 3 nitrogen and oxygen atoms in total. The third-order valence-electron chi connectivity index (χ3n) is 4.77. The van der Waals surface area contributed by atoms with Gasteiger partial charge in [0.05, 0.1) is 6.42 Å². The summed E-state index contributed by atoms with van der Waals surface area (Å²) in [6.45, 7) is 9.01. The average molecular weight is 339 g/mol. The number of likely N-dealkylation sites (N-methyl/N-ethyl adjacent to an activating group) is 1. The second kappa shape index (κ2) is 8.70. The summed E-state index contributed by atoms with van der Waals surface area (Å²) in [5.41, 5.74) is 7.19. The fraction of sp³-hybridized carbons (Fsp3) is 0.409. The van der Waals surface area contributed by atoms with Crippen LogP contribution in [0.25, 0.3) is 0 Å². The van der Waals surface area contributed by atoms with Gasteiger partial charge in [0.25, 0.3) is 0 Å². The van der Waals surface area contributed by atoms with Gasteiger partial charge in [0.2, 0.25) is 5.91 Å². The molecule has 1 amide bonds. The van der Waals surface area contributed by atoms with Crippen LogP contribution in [-0.4, -0.2) is 13.0 Å². The molecule has 0 fully saturated rings. The Bertz CT molecular complexity index is 750. The summed E-state index contributed by atoms with van der Waals surface area (Å²) in [5, 5.41) is 2.70. The van der Waals surface area contributed by atoms with Crippen molar-refractivity contribution in [1.82, 2.24) is 5.32 Å². The minimum atomic E-state index is 0.0221. The Kier molecular flexibility index (Phi) is 6.63. The molecule has 2 aromatic rings. The largest absolute Gasteiger partial charge is 0.489 e. The summed E-state index contributed by atoms with van der Waals surface area (Å²) in [4.78, 5) is 11.8. The molecule has 0 heterocycles. The Morgan fingerprint density at radius 1 is 1.00 bits per heavy atom. The summed E-state index contributed by atoms with van der Waals surface area (Å²) in [5.74, 6) is 0.945. The number of amides is 1. The molecular weight excluding hydrogens is 310 g/mol. The van der Waals surface area contributed by atoms with Crippen molar-refractivity contribution in [3.8, 4) is 5.75 Å². The number of carbonyl (C=O) groups excluding carboxylic acids is 1. The summed E-state index contributed by atoms with van der Waals surface area (Å²) >= 11 is 0. The highest BCUT2D eigenvalue weighted by atomic mass is 16.5. The minimum absolute atomic E-state index is 0.0221. The molecule has 1 N–H and O–H groups in total. The van der Waals surface area contributed by atoms with Crippen LogP contribution in [0.5, 0.6) is 5.75 Å². The molecular formula is C22H29NO2. The molecule has 0 saturated heterocycles. The standard InChI is InChI=1S/C22H29NO2/c1-6-17-9-8-10-19(13-22(24)23-5)20(17)14-25-21-12-15(3)18(7-2)11-16(21)4/h8-12H,6-7,13-14H2,1-5H3,(H,23,24). The quantitative estimate of drug-likeness (QED) is 0.817. The molecule has 2 aromatic carbocycles. The van der Waals surface area contributed by atoms with Crippen LogP contribution in [0.4, 0.5) is 0 Å². The first-order chi connectivity index (χ1) is 12.0. The van der Waals surface area contributed by atoms with Gasteiger partial charge >= 0.3 is 0 Å². The van der Waals surface area contributed by atoms with Crippen LogP contribution in [0.1, 0.15) is 47.2 Å². The lowest BCUT2D eigenvalue weighted by Gasteiger charge is -2.17. The smallest absolute Gasteiger partial charge is 0.224 e. The van der Waals surface area contributed by atoms with Gasteiger partial charge in [-0.2, -0.15) is 0 Å². The van der Waals surface area contributed by atoms with E-state index in [4.69, 9.17) is 4.74 Å². The van der Waals surface area contributed by atoms with Crippen molar-refractivity contribution in [3.63, 3.8) is 0 Å². The van der Waals surface area contributed by atoms with E-state index in [9.17, 15) is 4.79 Å². The van der Waals surface area contributed by atoms with Gasteiger partial charge in [0.15, 0.2) is 0 Å². The molecule has 25 heavy (non-hydrogen) atoms. The normalized spacial score (nSPS) is 10.6. The highest BCUT2D eigenvalue weighted by Gasteiger charge is 2.12. The zero-order valence-corrected chi connectivity index (χ0v) is 16.0. The Balaban J connectivity index is 2.28. The summed E-state index contributed by atoms with van der Waals surface area (Å²) in [6, 6.07) is 10.5. The van der Waals surface area contributed by atoms with Gasteiger partial charge in [-0.25, -0.2) is 0 Å². The lowest BCUT2D eigenvalue weighted by atomic mass is 9.97. The first-order valence-corrected chi connectivity index (χ1v) is 9.03. The van der Waals surface area contributed by atoms with Gasteiger partial charge in [-0.15, -0.1) is 0 Å². The van der Waals surface area contributed by atoms with Crippen molar-refractivity contribution in [2.24, 2.45) is 0 Å². The molecule has 0 atom stereocenters. The maximum Gasteiger partial charge on any atom is 0.224 e. The van der Waals surface area contributed by atoms with E-state index in [1.54, 1.807) is 7.05 Å². The van der Waals surface area contributed by atoms with Crippen LogP contribution in [0.3, 0.4) is 0 Å². The molecule has 0 saturated carbocycles. The maximum absolute atomic E-state index is 11.8. The maximum atomic E-state index is 11.8. The number of rotatable bonds is 7. The fourth-order valence-corrected chi connectivity index (χ4v) is 3.17. The van der Waals surface area contributed by atoms with E-state index in [0.717, 1.165) is 35.3 Å². The lowest BCUT2D eigenvalue weighted by Crippen LogP contribution is -2.21. The van der Waals surface area contributed by atoms with Gasteiger partial charge < -0.3 is 10.1 Å². The van der Waals surface area contributed by atoms with E-state index < -0.39 is 0 Å². The molecule has 0 spiro atoms. The Hall–Kier alpha value is -2.29. The van der Waals surface area contributed by atoms with Gasteiger partial charge in [-0.05, 0) is 66.1 Å². The monoisotopic (exact) mass is 339 g/mol. The third kappa shape index (κ3) is 4.62. The number of hydrogen-bond donors (Lipinski definition) is 1. The summed E-state index contributed by atoms with van der Waals surface area (Å²) in [7, 11) is 1.67. The second-order valence-corrected chi connectivity index (χ2v) is 6.44. The van der Waals surface area contributed by atoms with E-state index in [1.165, 1.54) is 16.7 Å². The molecule has 3 heteroatoms. The molecule has 0 aliphatic rings. The molecule has 0 aliphatic carbocycles. The number of nitrogens with one attached hydrogen (secondary N) is 1. The van der Waals surface area contributed by atoms with Crippen molar-refractivity contribution >= 4 is 5.91 Å². The molecule has 0 radical (unpaired) electrons. The third-order valence-corrected chi connectivity index (χ3v) is 4.77. The average Bonchev–Trinajstić information content (AvgIpc) is 2.62. The predicted molar refractivity (Wildman–Crippen MR) is 103 cm³/mol. The molecule has 0 aromatic heterocycles. The van der Waals surface area contributed by atoms with E-state index in [-0.39, 0.29) is 5.91 Å². The summed E-state index contributed by atoms with van der Waals surface area (Å²) < 4.78 is 6.17. The Labute approximate surface area is 151 Å². The van der Waals surface area contributed by atoms with Crippen LogP contribution in [0, 0.1) is 13.8 Å². The molecule has 134 valence electrons. The van der Waals surface area contributed by atoms with Crippen molar-refractivity contribution in [1.29, 1.82) is 0 Å². The topological polar surface area (TPSA) is 38.3 Å². The van der Waals surface area contributed by atoms with Crippen LogP contribution in [0.2, 0.25) is 0 Å². The molecule has 2 rings (SSSR count). The zero-order chi connectivity index (χ0) is 18.4. The zero-order valence-electron chi connectivity index (χ0n) is 16.0. The van der Waals surface area contributed by atoms with Crippen molar-refractivity contribution < 1.29 is 9.53 Å². The van der Waals surface area contributed by atoms with E-state index in [1.807, 2.05) is 12.1 Å². The fourth-order valence-electron chi connectivity index (χ4n) is 3.17. The van der Waals surface area contributed by atoms with Crippen LogP contribution >= 0.6 is 0 Å². The van der Waals surface area contributed by atoms with E-state index >= 15 is 0 Å². The lowest BCUT2D eigenvalue weighted by molar-refractivity contribution is -0.119. The van der Waals surface area contributed by atoms with Crippen molar-refractivity contribution in [3.05, 3.63) is 63.7 Å². The van der Waals surface area contributed by atoms with Gasteiger partial charge in [0, 0.05) is 7.05 Å². The Morgan fingerprint density at radius 3 is 2.32 bits per heavy atom. The molecule has 0 unspecified atom stereocenters. The van der Waals surface area contributed by atoms with Gasteiger partial charge in [-0.1, -0.05) is 38.1 Å². The van der Waals surface area contributed by atoms with Crippen molar-refractivity contribution in [2.45, 2.75) is 53.6 Å². The number of ether oxygens (including phenoxy) is 1. The summed E-state index contributed by atoms with van der Waals surface area (Å²) in [6.07, 6.45) is 2.34. The highest BCUT2D eigenvalue weighted by molar-refractivity contribution is 5.78. The number of hydrogen-bond acceptors (Lipinski definition) is 2. The van der Waals surface area contributed by atoms with Crippen LogP contribution in [-0.2, 0) is 30.7 Å². The first-order valence-electron chi connectivity index (χ1n) is 9.03. The first kappa shape index (κ1) is 19.0. The highest BCUT2D eigenvalue weighted by Crippen LogP contribution is 2.26. The van der Waals surface area contributed by atoms with E-state index in [0.29, 0.717) is 13.0 Å². The Morgan fingerprint density at radius 2 is 1.68 bits per heavy atom. The number of benzene rings is 2. The SMILES string of the molecule is CCc1cc(C)c(OCc2c(CC)cccc2CC(=O)NC)cc1C. The van der Waals surface area contributed by atoms with Crippen molar-refractivity contribution in [2.75, 3.05) is 7.05 Å². The number of carbonyl (C=O) groups is 1. The molecule has 0 aliphatic heterocycles. The van der Waals surface area contributed by atoms with Crippen LogP contribution < -0.4 is 10.1 Å². The van der Waals surface area contributed by atoms with E-state index in [2.05, 4.69) is 51.2 Å².